The van der Waals surface area contributed by atoms with Crippen molar-refractivity contribution in [2.24, 2.45) is 0 Å². The molecule has 1 aromatic heterocycles. The molecule has 0 atom stereocenters. The van der Waals surface area contributed by atoms with Crippen molar-refractivity contribution in [1.29, 1.82) is 0 Å². The zero-order valence-corrected chi connectivity index (χ0v) is 15.0. The van der Waals surface area contributed by atoms with E-state index in [9.17, 15) is 0 Å². The summed E-state index contributed by atoms with van der Waals surface area (Å²) in [5.74, 6) is 1.60. The molecule has 2 aromatic rings. The van der Waals surface area contributed by atoms with Gasteiger partial charge in [0.15, 0.2) is 0 Å². The third-order valence-corrected chi connectivity index (χ3v) is 3.71. The maximum absolute atomic E-state index is 4.51. The Hall–Kier alpha value is -2.14. The number of aryl methyl sites for hydroxylation is 1. The molecular formula is C19H29N5. The highest BCUT2D eigenvalue weighted by atomic mass is 15.1. The monoisotopic (exact) mass is 327 g/mol. The van der Waals surface area contributed by atoms with Crippen molar-refractivity contribution in [2.45, 2.75) is 33.2 Å². The second-order valence-electron chi connectivity index (χ2n) is 6.15. The first-order chi connectivity index (χ1) is 11.7. The van der Waals surface area contributed by atoms with E-state index in [-0.39, 0.29) is 0 Å². The number of hydrogen-bond donors (Lipinski definition) is 2. The summed E-state index contributed by atoms with van der Waals surface area (Å²) in [6.45, 7) is 7.97. The number of nitrogens with zero attached hydrogens (tertiary/aromatic N) is 3. The normalized spacial score (nSPS) is 10.8. The smallest absolute Gasteiger partial charge is 0.224 e. The van der Waals surface area contributed by atoms with Gasteiger partial charge in [0.2, 0.25) is 5.95 Å². The minimum Gasteiger partial charge on any atom is -0.370 e. The lowest BCUT2D eigenvalue weighted by Gasteiger charge is -2.17. The average molecular weight is 327 g/mol. The molecule has 0 amide bonds. The molecule has 2 N–H and O–H groups in total. The van der Waals surface area contributed by atoms with Gasteiger partial charge in [0.1, 0.15) is 5.82 Å². The Bertz CT molecular complexity index is 600. The summed E-state index contributed by atoms with van der Waals surface area (Å²) < 4.78 is 0. The van der Waals surface area contributed by atoms with E-state index in [0.29, 0.717) is 5.95 Å². The maximum atomic E-state index is 4.51. The maximum Gasteiger partial charge on any atom is 0.224 e. The van der Waals surface area contributed by atoms with E-state index in [2.05, 4.69) is 69.8 Å². The van der Waals surface area contributed by atoms with E-state index >= 15 is 0 Å². The van der Waals surface area contributed by atoms with E-state index in [1.54, 1.807) is 0 Å². The lowest BCUT2D eigenvalue weighted by molar-refractivity contribution is 0.325. The number of aromatic nitrogens is 2. The van der Waals surface area contributed by atoms with Crippen LogP contribution in [-0.4, -0.2) is 41.5 Å². The first-order valence-corrected chi connectivity index (χ1v) is 8.73. The largest absolute Gasteiger partial charge is 0.370 e. The number of hydrogen-bond acceptors (Lipinski definition) is 5. The van der Waals surface area contributed by atoms with Crippen molar-refractivity contribution >= 4 is 11.8 Å². The van der Waals surface area contributed by atoms with Crippen molar-refractivity contribution < 1.29 is 0 Å². The van der Waals surface area contributed by atoms with Gasteiger partial charge < -0.3 is 15.5 Å². The summed E-state index contributed by atoms with van der Waals surface area (Å²) in [6, 6.07) is 12.6. The van der Waals surface area contributed by atoms with Gasteiger partial charge in [-0.1, -0.05) is 37.3 Å². The third-order valence-electron chi connectivity index (χ3n) is 3.71. The molecule has 24 heavy (non-hydrogen) atoms. The van der Waals surface area contributed by atoms with E-state index in [4.69, 9.17) is 0 Å². The van der Waals surface area contributed by atoms with Crippen LogP contribution in [-0.2, 0) is 6.54 Å². The SMILES string of the molecule is CCCNc1nc(C)cc(NCCCN(C)Cc2ccccc2)n1. The fraction of sp³-hybridized carbons (Fsp3) is 0.474. The third kappa shape index (κ3) is 6.54. The fourth-order valence-electron chi connectivity index (χ4n) is 2.51. The van der Waals surface area contributed by atoms with Crippen LogP contribution in [0.3, 0.4) is 0 Å². The first kappa shape index (κ1) is 18.2. The van der Waals surface area contributed by atoms with Crippen LogP contribution in [0.4, 0.5) is 11.8 Å². The topological polar surface area (TPSA) is 53.1 Å². The number of benzene rings is 1. The molecule has 1 aromatic carbocycles. The summed E-state index contributed by atoms with van der Waals surface area (Å²) in [4.78, 5) is 11.3. The minimum absolute atomic E-state index is 0.709. The summed E-state index contributed by atoms with van der Waals surface area (Å²) in [7, 11) is 2.16. The van der Waals surface area contributed by atoms with E-state index < -0.39 is 0 Å². The molecule has 0 saturated carbocycles. The lowest BCUT2D eigenvalue weighted by atomic mass is 10.2. The predicted octanol–water partition coefficient (Wildman–Crippen LogP) is 3.54. The van der Waals surface area contributed by atoms with Gasteiger partial charge in [0.05, 0.1) is 0 Å². The Labute approximate surface area is 145 Å². The Morgan fingerprint density at radius 3 is 2.58 bits per heavy atom. The van der Waals surface area contributed by atoms with Gasteiger partial charge in [-0.05, 0) is 38.9 Å². The highest BCUT2D eigenvalue weighted by Crippen LogP contribution is 2.10. The van der Waals surface area contributed by atoms with Gasteiger partial charge in [-0.3, -0.25) is 0 Å². The van der Waals surface area contributed by atoms with Crippen molar-refractivity contribution in [3.8, 4) is 0 Å². The van der Waals surface area contributed by atoms with Crippen LogP contribution in [0.2, 0.25) is 0 Å². The van der Waals surface area contributed by atoms with Gasteiger partial charge in [-0.25, -0.2) is 4.98 Å². The summed E-state index contributed by atoms with van der Waals surface area (Å²) >= 11 is 0. The fourth-order valence-corrected chi connectivity index (χ4v) is 2.51. The Balaban J connectivity index is 1.72. The average Bonchev–Trinajstić information content (AvgIpc) is 2.57. The van der Waals surface area contributed by atoms with Crippen LogP contribution in [0.1, 0.15) is 31.0 Å². The molecule has 0 radical (unpaired) electrons. The molecule has 0 aliphatic carbocycles. The van der Waals surface area contributed by atoms with Crippen LogP contribution >= 0.6 is 0 Å². The van der Waals surface area contributed by atoms with Gasteiger partial charge in [0, 0.05) is 31.4 Å². The molecule has 5 heteroatoms. The molecule has 1 heterocycles. The van der Waals surface area contributed by atoms with Gasteiger partial charge in [-0.2, -0.15) is 4.98 Å². The Morgan fingerprint density at radius 1 is 1.04 bits per heavy atom. The summed E-state index contributed by atoms with van der Waals surface area (Å²) in [6.07, 6.45) is 2.14. The molecule has 5 nitrogen and oxygen atoms in total. The number of anilines is 2. The van der Waals surface area contributed by atoms with E-state index in [0.717, 1.165) is 50.5 Å². The molecule has 0 unspecified atom stereocenters. The highest BCUT2D eigenvalue weighted by molar-refractivity contribution is 5.42. The highest BCUT2D eigenvalue weighted by Gasteiger charge is 2.03. The zero-order chi connectivity index (χ0) is 17.2. The molecule has 130 valence electrons. The molecule has 0 spiro atoms. The predicted molar refractivity (Wildman–Crippen MR) is 101 cm³/mol. The summed E-state index contributed by atoms with van der Waals surface area (Å²) in [5.41, 5.74) is 2.33. The van der Waals surface area contributed by atoms with Gasteiger partial charge in [-0.15, -0.1) is 0 Å². The van der Waals surface area contributed by atoms with E-state index in [1.807, 2.05) is 13.0 Å². The minimum atomic E-state index is 0.709. The Kier molecular flexibility index (Phi) is 7.49. The van der Waals surface area contributed by atoms with Crippen LogP contribution in [0.15, 0.2) is 36.4 Å². The van der Waals surface area contributed by atoms with Crippen molar-refractivity contribution in [1.82, 2.24) is 14.9 Å². The first-order valence-electron chi connectivity index (χ1n) is 8.73. The molecule has 0 aliphatic rings. The zero-order valence-electron chi connectivity index (χ0n) is 15.0. The van der Waals surface area contributed by atoms with Gasteiger partial charge in [0.25, 0.3) is 0 Å². The van der Waals surface area contributed by atoms with Crippen LogP contribution in [0.25, 0.3) is 0 Å². The van der Waals surface area contributed by atoms with Gasteiger partial charge >= 0.3 is 0 Å². The van der Waals surface area contributed by atoms with Crippen molar-refractivity contribution in [3.63, 3.8) is 0 Å². The Morgan fingerprint density at radius 2 is 1.83 bits per heavy atom. The van der Waals surface area contributed by atoms with Crippen LogP contribution in [0.5, 0.6) is 0 Å². The van der Waals surface area contributed by atoms with Crippen LogP contribution < -0.4 is 10.6 Å². The molecule has 2 rings (SSSR count). The van der Waals surface area contributed by atoms with E-state index in [1.165, 1.54) is 5.56 Å². The molecule has 0 saturated heterocycles. The molecule has 0 fully saturated rings. The number of nitrogens with one attached hydrogen (secondary N) is 2. The summed E-state index contributed by atoms with van der Waals surface area (Å²) in [5, 5.41) is 6.64. The molecule has 0 bridgehead atoms. The second-order valence-corrected chi connectivity index (χ2v) is 6.15. The molecular weight excluding hydrogens is 298 g/mol. The quantitative estimate of drug-likeness (QED) is 0.654. The lowest BCUT2D eigenvalue weighted by Crippen LogP contribution is -2.21. The number of rotatable bonds is 10. The van der Waals surface area contributed by atoms with Crippen molar-refractivity contribution in [3.05, 3.63) is 47.7 Å². The second kappa shape index (κ2) is 9.88. The van der Waals surface area contributed by atoms with Crippen molar-refractivity contribution in [2.75, 3.05) is 37.3 Å². The molecule has 0 aliphatic heterocycles. The van der Waals surface area contributed by atoms with Crippen LogP contribution in [0, 0.1) is 6.92 Å². The standard InChI is InChI=1S/C19H29N5/c1-4-11-21-19-22-16(2)14-18(23-19)20-12-8-13-24(3)15-17-9-6-5-7-10-17/h5-7,9-10,14H,4,8,11-13,15H2,1-3H3,(H2,20,21,22,23).